The van der Waals surface area contributed by atoms with E-state index in [9.17, 15) is 9.90 Å². The Bertz CT molecular complexity index is 706. The molecule has 3 rings (SSSR count). The Morgan fingerprint density at radius 3 is 2.57 bits per heavy atom. The molecule has 0 aromatic heterocycles. The average Bonchev–Trinajstić information content (AvgIpc) is 2.66. The van der Waals surface area contributed by atoms with Crippen LogP contribution in [0.3, 0.4) is 0 Å². The molecule has 0 unspecified atom stereocenters. The third-order valence-electron chi connectivity index (χ3n) is 4.68. The van der Waals surface area contributed by atoms with Crippen LogP contribution in [0, 0.1) is 5.41 Å². The summed E-state index contributed by atoms with van der Waals surface area (Å²) < 4.78 is 0. The maximum absolute atomic E-state index is 12.6. The number of nitrogens with one attached hydrogen (secondary N) is 1. The average molecular weight is 309 g/mol. The van der Waals surface area contributed by atoms with Crippen LogP contribution in [0.25, 0.3) is 0 Å². The molecule has 3 heteroatoms. The van der Waals surface area contributed by atoms with Crippen molar-refractivity contribution < 1.29 is 9.90 Å². The van der Waals surface area contributed by atoms with Crippen molar-refractivity contribution in [2.24, 2.45) is 5.41 Å². The van der Waals surface area contributed by atoms with Gasteiger partial charge in [-0.3, -0.25) is 4.79 Å². The molecule has 0 radical (unpaired) electrons. The second kappa shape index (κ2) is 6.07. The molecule has 120 valence electrons. The van der Waals surface area contributed by atoms with Gasteiger partial charge in [0.15, 0.2) is 0 Å². The number of amides is 1. The molecule has 2 N–H and O–H groups in total. The molecule has 0 fully saturated rings. The number of hydrogen-bond donors (Lipinski definition) is 2. The molecular formula is C20H23NO2. The lowest BCUT2D eigenvalue weighted by Crippen LogP contribution is -2.15. The summed E-state index contributed by atoms with van der Waals surface area (Å²) in [7, 11) is 0. The zero-order chi connectivity index (χ0) is 16.4. The van der Waals surface area contributed by atoms with Crippen molar-refractivity contribution in [3.8, 4) is 5.75 Å². The summed E-state index contributed by atoms with van der Waals surface area (Å²) in [6, 6.07) is 6.53. The summed E-state index contributed by atoms with van der Waals surface area (Å²) in [6.07, 6.45) is 10.7. The minimum absolute atomic E-state index is 0.00677. The van der Waals surface area contributed by atoms with Crippen molar-refractivity contribution >= 4 is 11.6 Å². The van der Waals surface area contributed by atoms with Crippen molar-refractivity contribution in [3.05, 3.63) is 59.2 Å². The molecule has 0 heterocycles. The predicted octanol–water partition coefficient (Wildman–Crippen LogP) is 4.72. The van der Waals surface area contributed by atoms with Gasteiger partial charge in [0, 0.05) is 16.7 Å². The quantitative estimate of drug-likeness (QED) is 0.776. The number of anilines is 1. The fourth-order valence-electron chi connectivity index (χ4n) is 3.35. The van der Waals surface area contributed by atoms with Crippen LogP contribution in [0.1, 0.15) is 39.5 Å². The van der Waals surface area contributed by atoms with Crippen molar-refractivity contribution in [1.82, 2.24) is 0 Å². The number of carbonyl (C=O) groups excluding carboxylic acids is 1. The Morgan fingerprint density at radius 1 is 1.13 bits per heavy atom. The standard InChI is InChI=1S/C20H23NO2/c1-20(2)12-11-15(13-14-5-3-4-6-18(14)20)19(23)21-16-7-9-17(22)10-8-16/h7-13,22H,3-6H2,1-2H3,(H,21,23). The van der Waals surface area contributed by atoms with E-state index in [1.54, 1.807) is 24.3 Å². The molecule has 0 saturated heterocycles. The number of benzene rings is 1. The lowest BCUT2D eigenvalue weighted by atomic mass is 9.76. The van der Waals surface area contributed by atoms with Gasteiger partial charge in [-0.2, -0.15) is 0 Å². The first-order valence-electron chi connectivity index (χ1n) is 8.19. The highest BCUT2D eigenvalue weighted by Gasteiger charge is 2.27. The van der Waals surface area contributed by atoms with E-state index in [1.165, 1.54) is 24.0 Å². The Kier molecular flexibility index (Phi) is 4.12. The number of hydrogen-bond acceptors (Lipinski definition) is 2. The molecule has 23 heavy (non-hydrogen) atoms. The van der Waals surface area contributed by atoms with Crippen LogP contribution in [-0.2, 0) is 4.79 Å². The molecule has 0 spiro atoms. The van der Waals surface area contributed by atoms with E-state index in [1.807, 2.05) is 6.08 Å². The van der Waals surface area contributed by atoms with Crippen molar-refractivity contribution in [3.63, 3.8) is 0 Å². The van der Waals surface area contributed by atoms with Crippen molar-refractivity contribution in [1.29, 1.82) is 0 Å². The molecule has 0 bridgehead atoms. The van der Waals surface area contributed by atoms with E-state index in [-0.39, 0.29) is 17.1 Å². The van der Waals surface area contributed by atoms with Gasteiger partial charge in [-0.05, 0) is 61.6 Å². The second-order valence-electron chi connectivity index (χ2n) is 6.87. The van der Waals surface area contributed by atoms with Gasteiger partial charge in [0.2, 0.25) is 0 Å². The Balaban J connectivity index is 1.87. The third kappa shape index (κ3) is 3.39. The Hall–Kier alpha value is -2.29. The fraction of sp³-hybridized carbons (Fsp3) is 0.350. The SMILES string of the molecule is CC1(C)C=CC(C(=O)Nc2ccc(O)cc2)=CC2=C1CCCC2. The lowest BCUT2D eigenvalue weighted by molar-refractivity contribution is -0.112. The summed E-state index contributed by atoms with van der Waals surface area (Å²) in [4.78, 5) is 12.6. The minimum Gasteiger partial charge on any atom is -0.508 e. The van der Waals surface area contributed by atoms with E-state index >= 15 is 0 Å². The number of phenolic OH excluding ortho intramolecular Hbond substituents is 1. The zero-order valence-electron chi connectivity index (χ0n) is 13.7. The number of carbonyl (C=O) groups is 1. The van der Waals surface area contributed by atoms with E-state index < -0.39 is 0 Å². The molecule has 2 aliphatic carbocycles. The van der Waals surface area contributed by atoms with Crippen molar-refractivity contribution in [2.75, 3.05) is 5.32 Å². The zero-order valence-corrected chi connectivity index (χ0v) is 13.7. The Labute approximate surface area is 137 Å². The fourth-order valence-corrected chi connectivity index (χ4v) is 3.35. The van der Waals surface area contributed by atoms with E-state index in [0.29, 0.717) is 11.3 Å². The van der Waals surface area contributed by atoms with Gasteiger partial charge in [-0.25, -0.2) is 0 Å². The molecule has 0 saturated carbocycles. The van der Waals surface area contributed by atoms with Crippen LogP contribution >= 0.6 is 0 Å². The number of allylic oxidation sites excluding steroid dienone is 4. The first kappa shape index (κ1) is 15.6. The van der Waals surface area contributed by atoms with Gasteiger partial charge in [0.1, 0.15) is 5.75 Å². The summed E-state index contributed by atoms with van der Waals surface area (Å²) in [5.41, 5.74) is 4.17. The van der Waals surface area contributed by atoms with Crippen LogP contribution in [0.2, 0.25) is 0 Å². The maximum atomic E-state index is 12.6. The summed E-state index contributed by atoms with van der Waals surface area (Å²) in [5, 5.41) is 12.2. The summed E-state index contributed by atoms with van der Waals surface area (Å²) >= 11 is 0. The van der Waals surface area contributed by atoms with Crippen LogP contribution in [0.4, 0.5) is 5.69 Å². The molecule has 2 aliphatic rings. The highest BCUT2D eigenvalue weighted by molar-refractivity contribution is 6.06. The van der Waals surface area contributed by atoms with Gasteiger partial charge in [-0.15, -0.1) is 0 Å². The van der Waals surface area contributed by atoms with Crippen molar-refractivity contribution in [2.45, 2.75) is 39.5 Å². The largest absolute Gasteiger partial charge is 0.508 e. The van der Waals surface area contributed by atoms with Gasteiger partial charge in [0.05, 0.1) is 0 Å². The molecular weight excluding hydrogens is 286 g/mol. The Morgan fingerprint density at radius 2 is 1.83 bits per heavy atom. The second-order valence-corrected chi connectivity index (χ2v) is 6.87. The monoisotopic (exact) mass is 309 g/mol. The lowest BCUT2D eigenvalue weighted by Gasteiger charge is -2.29. The summed E-state index contributed by atoms with van der Waals surface area (Å²) in [6.45, 7) is 4.44. The normalized spacial score (nSPS) is 19.7. The van der Waals surface area contributed by atoms with Gasteiger partial charge in [-0.1, -0.05) is 31.6 Å². The predicted molar refractivity (Wildman–Crippen MR) is 93.2 cm³/mol. The molecule has 1 aromatic rings. The van der Waals surface area contributed by atoms with Gasteiger partial charge in [0.25, 0.3) is 5.91 Å². The van der Waals surface area contributed by atoms with E-state index in [0.717, 1.165) is 12.8 Å². The number of rotatable bonds is 2. The number of phenols is 1. The smallest absolute Gasteiger partial charge is 0.255 e. The minimum atomic E-state index is -0.109. The van der Waals surface area contributed by atoms with Crippen LogP contribution in [0.5, 0.6) is 5.75 Å². The molecule has 0 atom stereocenters. The first-order valence-corrected chi connectivity index (χ1v) is 8.19. The summed E-state index contributed by atoms with van der Waals surface area (Å²) in [5.74, 6) is 0.0809. The molecule has 1 aromatic carbocycles. The maximum Gasteiger partial charge on any atom is 0.255 e. The molecule has 3 nitrogen and oxygen atoms in total. The van der Waals surface area contributed by atoms with Gasteiger partial charge >= 0.3 is 0 Å². The highest BCUT2D eigenvalue weighted by atomic mass is 16.3. The van der Waals surface area contributed by atoms with Crippen LogP contribution in [0.15, 0.2) is 59.2 Å². The van der Waals surface area contributed by atoms with Crippen LogP contribution < -0.4 is 5.32 Å². The third-order valence-corrected chi connectivity index (χ3v) is 4.68. The van der Waals surface area contributed by atoms with E-state index in [2.05, 4.69) is 31.3 Å². The van der Waals surface area contributed by atoms with Crippen LogP contribution in [-0.4, -0.2) is 11.0 Å². The van der Waals surface area contributed by atoms with Gasteiger partial charge < -0.3 is 10.4 Å². The highest BCUT2D eigenvalue weighted by Crippen LogP contribution is 2.41. The first-order chi connectivity index (χ1) is 11.0. The topological polar surface area (TPSA) is 49.3 Å². The molecule has 0 aliphatic heterocycles. The molecule has 1 amide bonds. The number of aromatic hydroxyl groups is 1. The van der Waals surface area contributed by atoms with E-state index in [4.69, 9.17) is 0 Å².